The minimum Gasteiger partial charge on any atom is -0.308 e. The lowest BCUT2D eigenvalue weighted by molar-refractivity contribution is -0.138. The van der Waals surface area contributed by atoms with Gasteiger partial charge in [0, 0.05) is 44.2 Å². The van der Waals surface area contributed by atoms with Crippen LogP contribution in [0.25, 0.3) is 118 Å². The molecule has 6 nitrogen and oxygen atoms in total. The summed E-state index contributed by atoms with van der Waals surface area (Å²) < 4.78 is 88.8. The first-order valence-corrected chi connectivity index (χ1v) is 24.7. The van der Waals surface area contributed by atoms with Gasteiger partial charge in [-0.1, -0.05) is 169 Å². The Kier molecular flexibility index (Phi) is 12.1. The van der Waals surface area contributed by atoms with Crippen LogP contribution in [-0.2, 0) is 12.4 Å². The Morgan fingerprint density at radius 2 is 0.805 bits per heavy atom. The highest BCUT2D eigenvalue weighted by molar-refractivity contribution is 6.12. The maximum absolute atomic E-state index is 14.9. The molecule has 3 heterocycles. The van der Waals surface area contributed by atoms with Crippen LogP contribution in [0.5, 0.6) is 0 Å². The molecule has 0 spiro atoms. The van der Waals surface area contributed by atoms with Gasteiger partial charge in [-0.05, 0) is 96.3 Å². The molecule has 0 bridgehead atoms. The molecule has 0 saturated heterocycles. The number of alkyl halides is 6. The quantitative estimate of drug-likeness (QED) is 0.135. The molecule has 0 atom stereocenters. The van der Waals surface area contributed by atoms with E-state index in [1.165, 1.54) is 12.1 Å². The lowest BCUT2D eigenvalue weighted by atomic mass is 9.96. The molecule has 12 aromatic rings. The predicted molar refractivity (Wildman–Crippen MR) is 293 cm³/mol. The average Bonchev–Trinajstić information content (AvgIpc) is 3.98. The number of aromatic nitrogens is 6. The van der Waals surface area contributed by atoms with E-state index in [2.05, 4.69) is 0 Å². The molecule has 374 valence electrons. The van der Waals surface area contributed by atoms with Gasteiger partial charge in [0.2, 0.25) is 0 Å². The van der Waals surface area contributed by atoms with Gasteiger partial charge in [0.25, 0.3) is 0 Å². The maximum atomic E-state index is 14.9. The third-order valence-corrected chi connectivity index (χ3v) is 13.7. The topological polar surface area (TPSA) is 69.4 Å². The fourth-order valence-corrected chi connectivity index (χ4v) is 9.99. The monoisotopic (exact) mass is 1020 g/mol. The highest BCUT2D eigenvalue weighted by atomic mass is 19.4. The van der Waals surface area contributed by atoms with Crippen LogP contribution >= 0.6 is 0 Å². The number of benzene rings is 9. The van der Waals surface area contributed by atoms with Crippen molar-refractivity contribution in [2.45, 2.75) is 26.2 Å². The third kappa shape index (κ3) is 9.39. The second-order valence-electron chi connectivity index (χ2n) is 18.8. The molecular weight excluding hydrogens is 979 g/mol. The van der Waals surface area contributed by atoms with Crippen LogP contribution in [0.3, 0.4) is 0 Å². The third-order valence-electron chi connectivity index (χ3n) is 13.7. The van der Waals surface area contributed by atoms with Crippen LogP contribution in [0.4, 0.5) is 26.3 Å². The number of rotatable bonds is 9. The maximum Gasteiger partial charge on any atom is 0.417 e. The van der Waals surface area contributed by atoms with Crippen LogP contribution in [-0.4, -0.2) is 29.5 Å². The van der Waals surface area contributed by atoms with Crippen molar-refractivity contribution in [2.75, 3.05) is 0 Å². The summed E-state index contributed by atoms with van der Waals surface area (Å²) in [4.78, 5) is 25.8. The van der Waals surface area contributed by atoms with Gasteiger partial charge in [-0.25, -0.2) is 24.9 Å². The standard InChI is InChI=1S/C65H42F6N6/c1-39-23-28-50(54(33-39)65(69,70)71)46-25-30-52-51-29-24-45(49-31-27-48(34-40(49)2)64(66,67)68)36-58(51)77(59(52)37-46)57-32-26-47(62-72-55(41-15-7-3-8-16-41)38-56(73-62)42-17-9-4-10-18-42)35-53(57)63-75-60(43-19-11-5-12-20-43)74-61(76-63)44-21-13-6-14-22-44/h3-38H,1-2H3. The average molecular weight is 1020 g/mol. The molecule has 0 aliphatic carbocycles. The van der Waals surface area contributed by atoms with E-state index in [1.54, 1.807) is 32.0 Å². The summed E-state index contributed by atoms with van der Waals surface area (Å²) >= 11 is 0. The molecule has 12 rings (SSSR count). The van der Waals surface area contributed by atoms with E-state index in [0.29, 0.717) is 89.9 Å². The molecular formula is C65H42F6N6. The molecule has 0 fully saturated rings. The number of hydrogen-bond donors (Lipinski definition) is 0. The Morgan fingerprint density at radius 3 is 1.31 bits per heavy atom. The first kappa shape index (κ1) is 48.4. The Balaban J connectivity index is 1.18. The highest BCUT2D eigenvalue weighted by Crippen LogP contribution is 2.44. The molecule has 0 radical (unpaired) electrons. The van der Waals surface area contributed by atoms with Crippen LogP contribution in [0, 0.1) is 13.8 Å². The molecule has 77 heavy (non-hydrogen) atoms. The highest BCUT2D eigenvalue weighted by Gasteiger charge is 2.34. The summed E-state index contributed by atoms with van der Waals surface area (Å²) in [6.45, 7) is 3.26. The van der Waals surface area contributed by atoms with Crippen LogP contribution in [0.2, 0.25) is 0 Å². The summed E-state index contributed by atoms with van der Waals surface area (Å²) in [7, 11) is 0. The molecule has 0 aliphatic rings. The van der Waals surface area contributed by atoms with Crippen molar-refractivity contribution >= 4 is 21.8 Å². The minimum absolute atomic E-state index is 0.000542. The Hall–Kier alpha value is -9.55. The normalized spacial score (nSPS) is 11.9. The van der Waals surface area contributed by atoms with Crippen molar-refractivity contribution in [1.82, 2.24) is 29.5 Å². The van der Waals surface area contributed by atoms with Gasteiger partial charge in [0.15, 0.2) is 23.3 Å². The number of hydrogen-bond acceptors (Lipinski definition) is 5. The van der Waals surface area contributed by atoms with Gasteiger partial charge in [0.1, 0.15) is 0 Å². The summed E-state index contributed by atoms with van der Waals surface area (Å²) in [6, 6.07) is 65.3. The van der Waals surface area contributed by atoms with Crippen molar-refractivity contribution in [3.05, 3.63) is 241 Å². The van der Waals surface area contributed by atoms with Crippen molar-refractivity contribution in [1.29, 1.82) is 0 Å². The molecule has 12 heteroatoms. The molecule has 0 saturated carbocycles. The molecule has 0 N–H and O–H groups in total. The summed E-state index contributed by atoms with van der Waals surface area (Å²) in [5.41, 5.74) is 8.28. The van der Waals surface area contributed by atoms with E-state index >= 15 is 0 Å². The fourth-order valence-electron chi connectivity index (χ4n) is 9.99. The van der Waals surface area contributed by atoms with E-state index in [0.717, 1.165) is 45.8 Å². The van der Waals surface area contributed by atoms with E-state index in [4.69, 9.17) is 24.9 Å². The number of nitrogens with zero attached hydrogens (tertiary/aromatic N) is 6. The van der Waals surface area contributed by atoms with Crippen molar-refractivity contribution in [2.24, 2.45) is 0 Å². The molecule has 9 aromatic carbocycles. The minimum atomic E-state index is -4.66. The second kappa shape index (κ2) is 19.3. The Morgan fingerprint density at radius 1 is 0.338 bits per heavy atom. The SMILES string of the molecule is Cc1ccc(-c2ccc3c4ccc(-c5ccc(C(F)(F)F)cc5C)cc4n(-c4ccc(-c5nc(-c6ccccc6)cc(-c6ccccc6)n5)cc4-c4nc(-c5ccccc5)nc(-c5ccccc5)n4)c3c2)c(C(F)(F)F)c1. The van der Waals surface area contributed by atoms with E-state index in [9.17, 15) is 26.3 Å². The van der Waals surface area contributed by atoms with Gasteiger partial charge in [-0.15, -0.1) is 0 Å². The zero-order valence-electron chi connectivity index (χ0n) is 41.2. The van der Waals surface area contributed by atoms with Gasteiger partial charge < -0.3 is 4.57 Å². The largest absolute Gasteiger partial charge is 0.417 e. The molecule has 0 unspecified atom stereocenters. The zero-order chi connectivity index (χ0) is 53.0. The van der Waals surface area contributed by atoms with Gasteiger partial charge in [-0.3, -0.25) is 0 Å². The van der Waals surface area contributed by atoms with Gasteiger partial charge >= 0.3 is 12.4 Å². The van der Waals surface area contributed by atoms with Crippen LogP contribution in [0.1, 0.15) is 22.3 Å². The van der Waals surface area contributed by atoms with Crippen LogP contribution < -0.4 is 0 Å². The summed E-state index contributed by atoms with van der Waals surface area (Å²) in [5.74, 6) is 1.46. The first-order valence-electron chi connectivity index (χ1n) is 24.7. The molecule has 0 amide bonds. The number of fused-ring (bicyclic) bond motifs is 3. The van der Waals surface area contributed by atoms with E-state index < -0.39 is 23.5 Å². The lowest BCUT2D eigenvalue weighted by Crippen LogP contribution is -2.07. The molecule has 3 aromatic heterocycles. The smallest absolute Gasteiger partial charge is 0.308 e. The lowest BCUT2D eigenvalue weighted by Gasteiger charge is -2.18. The fraction of sp³-hybridized carbons (Fsp3) is 0.0615. The number of halogens is 6. The summed E-state index contributed by atoms with van der Waals surface area (Å²) in [6.07, 6.45) is -9.21. The second-order valence-corrected chi connectivity index (χ2v) is 18.8. The van der Waals surface area contributed by atoms with Crippen LogP contribution in [0.15, 0.2) is 218 Å². The van der Waals surface area contributed by atoms with E-state index in [-0.39, 0.29) is 11.4 Å². The summed E-state index contributed by atoms with van der Waals surface area (Å²) in [5, 5.41) is 1.46. The van der Waals surface area contributed by atoms with Gasteiger partial charge in [-0.2, -0.15) is 26.3 Å². The zero-order valence-corrected chi connectivity index (χ0v) is 41.2. The van der Waals surface area contributed by atoms with Crippen molar-refractivity contribution < 1.29 is 26.3 Å². The van der Waals surface area contributed by atoms with Crippen molar-refractivity contribution in [3.8, 4) is 96.0 Å². The van der Waals surface area contributed by atoms with Crippen molar-refractivity contribution in [3.63, 3.8) is 0 Å². The first-order chi connectivity index (χ1) is 37.2. The molecule has 0 aliphatic heterocycles. The number of aryl methyl sites for hydroxylation is 2. The van der Waals surface area contributed by atoms with E-state index in [1.807, 2.05) is 174 Å². The Bertz CT molecular complexity index is 4080. The Labute approximate surface area is 438 Å². The van der Waals surface area contributed by atoms with Gasteiger partial charge in [0.05, 0.1) is 39.2 Å². The predicted octanol–water partition coefficient (Wildman–Crippen LogP) is 17.7.